The Kier molecular flexibility index (Phi) is 7.54. The minimum atomic E-state index is -0.0538. The lowest BCUT2D eigenvalue weighted by Crippen LogP contribution is -2.14. The maximum atomic E-state index is 6.98. The lowest BCUT2D eigenvalue weighted by molar-refractivity contribution is 0.660. The van der Waals surface area contributed by atoms with E-state index in [2.05, 4.69) is 172 Å². The van der Waals surface area contributed by atoms with Crippen LogP contribution >= 0.6 is 0 Å². The monoisotopic (exact) mass is 767 g/mol. The van der Waals surface area contributed by atoms with E-state index in [1.807, 2.05) is 30.3 Å². The van der Waals surface area contributed by atoms with E-state index in [0.717, 1.165) is 66.1 Å². The van der Waals surface area contributed by atoms with Gasteiger partial charge in [-0.05, 0) is 78.7 Å². The van der Waals surface area contributed by atoms with Gasteiger partial charge in [-0.2, -0.15) is 0 Å². The lowest BCUT2D eigenvalue weighted by atomic mass is 9.82. The van der Waals surface area contributed by atoms with Gasteiger partial charge in [0.1, 0.15) is 11.2 Å². The smallest absolute Gasteiger partial charge is 0.164 e. The molecule has 0 saturated heterocycles. The number of aromatic nitrogens is 3. The molecule has 9 aromatic carbocycles. The average molecular weight is 768 g/mol. The molecule has 0 amide bonds. The molecule has 0 radical (unpaired) electrons. The van der Waals surface area contributed by atoms with Crippen LogP contribution in [0.25, 0.3) is 111 Å². The van der Waals surface area contributed by atoms with E-state index in [4.69, 9.17) is 19.4 Å². The van der Waals surface area contributed by atoms with E-state index >= 15 is 0 Å². The summed E-state index contributed by atoms with van der Waals surface area (Å²) in [5.41, 5.74) is 14.2. The molecule has 0 atom stereocenters. The first-order chi connectivity index (χ1) is 29.5. The van der Waals surface area contributed by atoms with E-state index in [1.54, 1.807) is 0 Å². The highest BCUT2D eigenvalue weighted by Crippen LogP contribution is 2.50. The lowest BCUT2D eigenvalue weighted by Gasteiger charge is -2.21. The molecule has 11 aromatic rings. The summed E-state index contributed by atoms with van der Waals surface area (Å²) < 4.78 is 6.98. The fourth-order valence-electron chi connectivity index (χ4n) is 9.48. The van der Waals surface area contributed by atoms with E-state index in [1.165, 1.54) is 38.6 Å². The van der Waals surface area contributed by atoms with Gasteiger partial charge in [-0.25, -0.2) is 15.0 Å². The zero-order chi connectivity index (χ0) is 40.0. The summed E-state index contributed by atoms with van der Waals surface area (Å²) in [6.07, 6.45) is 0. The minimum Gasteiger partial charge on any atom is -0.455 e. The van der Waals surface area contributed by atoms with Crippen molar-refractivity contribution in [2.75, 3.05) is 0 Å². The Hall–Kier alpha value is -7.69. The number of hydrogen-bond donors (Lipinski definition) is 0. The number of para-hydroxylation sites is 1. The topological polar surface area (TPSA) is 51.8 Å². The standard InChI is InChI=1S/C56H37N3O/c1-56(2)48-22-11-10-18-43(48)46-32-40(29-30-49(46)56)41-20-12-21-45-51-44-19-9-8-17-42(44)47(33-50(51)60-52(41)45)55-58-53(36-14-4-3-5-15-36)57-54(59-55)37-26-23-35(24-27-37)39-28-25-34-13-6-7-16-38(34)31-39/h3-33H,1-2H3. The molecular formula is C56H37N3O. The van der Waals surface area contributed by atoms with Gasteiger partial charge in [-0.15, -0.1) is 0 Å². The summed E-state index contributed by atoms with van der Waals surface area (Å²) >= 11 is 0. The molecular weight excluding hydrogens is 731 g/mol. The van der Waals surface area contributed by atoms with Crippen molar-refractivity contribution in [3.05, 3.63) is 199 Å². The van der Waals surface area contributed by atoms with E-state index in [-0.39, 0.29) is 5.41 Å². The maximum Gasteiger partial charge on any atom is 0.164 e. The number of nitrogens with zero attached hydrogens (tertiary/aromatic N) is 3. The normalized spacial score (nSPS) is 13.0. The molecule has 2 heterocycles. The first kappa shape index (κ1) is 34.4. The van der Waals surface area contributed by atoms with Crippen molar-refractivity contribution in [2.24, 2.45) is 0 Å². The van der Waals surface area contributed by atoms with E-state index in [0.29, 0.717) is 17.5 Å². The number of rotatable bonds is 5. The van der Waals surface area contributed by atoms with Gasteiger partial charge < -0.3 is 4.42 Å². The summed E-state index contributed by atoms with van der Waals surface area (Å²) in [6, 6.07) is 66.6. The molecule has 60 heavy (non-hydrogen) atoms. The van der Waals surface area contributed by atoms with Crippen LogP contribution in [0.15, 0.2) is 192 Å². The van der Waals surface area contributed by atoms with Gasteiger partial charge >= 0.3 is 0 Å². The molecule has 12 rings (SSSR count). The Balaban J connectivity index is 1.02. The van der Waals surface area contributed by atoms with Crippen LogP contribution in [-0.4, -0.2) is 15.0 Å². The highest BCUT2D eigenvalue weighted by atomic mass is 16.3. The van der Waals surface area contributed by atoms with Crippen LogP contribution in [0, 0.1) is 0 Å². The van der Waals surface area contributed by atoms with Gasteiger partial charge in [0.2, 0.25) is 0 Å². The second-order valence-corrected chi connectivity index (χ2v) is 16.4. The summed E-state index contributed by atoms with van der Waals surface area (Å²) in [7, 11) is 0. The van der Waals surface area contributed by atoms with Gasteiger partial charge in [0.15, 0.2) is 17.5 Å². The van der Waals surface area contributed by atoms with Crippen molar-refractivity contribution in [3.8, 4) is 67.5 Å². The Bertz CT molecular complexity index is 3510. The average Bonchev–Trinajstić information content (AvgIpc) is 3.80. The van der Waals surface area contributed by atoms with Gasteiger partial charge in [0.25, 0.3) is 0 Å². The van der Waals surface area contributed by atoms with Crippen LogP contribution in [0.1, 0.15) is 25.0 Å². The Morgan fingerprint density at radius 2 is 0.967 bits per heavy atom. The van der Waals surface area contributed by atoms with Crippen LogP contribution in [0.5, 0.6) is 0 Å². The highest BCUT2D eigenvalue weighted by molar-refractivity contribution is 6.23. The summed E-state index contributed by atoms with van der Waals surface area (Å²) in [5.74, 6) is 1.82. The second-order valence-electron chi connectivity index (χ2n) is 16.4. The zero-order valence-corrected chi connectivity index (χ0v) is 33.1. The third kappa shape index (κ3) is 5.34. The van der Waals surface area contributed by atoms with E-state index < -0.39 is 0 Å². The Morgan fingerprint density at radius 3 is 1.80 bits per heavy atom. The van der Waals surface area contributed by atoms with Crippen LogP contribution in [0.3, 0.4) is 0 Å². The fraction of sp³-hybridized carbons (Fsp3) is 0.0536. The molecule has 1 aliphatic carbocycles. The second kappa shape index (κ2) is 13.2. The van der Waals surface area contributed by atoms with Crippen molar-refractivity contribution in [1.29, 1.82) is 0 Å². The number of furan rings is 1. The molecule has 2 aromatic heterocycles. The number of benzene rings is 9. The van der Waals surface area contributed by atoms with Gasteiger partial charge in [-0.3, -0.25) is 0 Å². The Morgan fingerprint density at radius 1 is 0.367 bits per heavy atom. The minimum absolute atomic E-state index is 0.0538. The molecule has 0 aliphatic heterocycles. The molecule has 4 nitrogen and oxygen atoms in total. The molecule has 0 bridgehead atoms. The van der Waals surface area contributed by atoms with Crippen molar-refractivity contribution in [1.82, 2.24) is 15.0 Å². The van der Waals surface area contributed by atoms with Crippen molar-refractivity contribution >= 4 is 43.5 Å². The van der Waals surface area contributed by atoms with Crippen molar-refractivity contribution in [3.63, 3.8) is 0 Å². The zero-order valence-electron chi connectivity index (χ0n) is 33.1. The number of hydrogen-bond acceptors (Lipinski definition) is 4. The third-order valence-corrected chi connectivity index (χ3v) is 12.5. The summed E-state index contributed by atoms with van der Waals surface area (Å²) in [4.78, 5) is 15.5. The van der Waals surface area contributed by atoms with Crippen molar-refractivity contribution < 1.29 is 4.42 Å². The van der Waals surface area contributed by atoms with E-state index in [9.17, 15) is 0 Å². The van der Waals surface area contributed by atoms with Gasteiger partial charge in [0, 0.05) is 38.4 Å². The fourth-order valence-corrected chi connectivity index (χ4v) is 9.48. The Labute approximate surface area is 347 Å². The number of fused-ring (bicyclic) bond motifs is 9. The van der Waals surface area contributed by atoms with Gasteiger partial charge in [0.05, 0.1) is 0 Å². The largest absolute Gasteiger partial charge is 0.455 e. The first-order valence-electron chi connectivity index (χ1n) is 20.5. The third-order valence-electron chi connectivity index (χ3n) is 12.5. The quantitative estimate of drug-likeness (QED) is 0.175. The molecule has 1 aliphatic rings. The van der Waals surface area contributed by atoms with Crippen LogP contribution < -0.4 is 0 Å². The molecule has 0 fully saturated rings. The molecule has 282 valence electrons. The van der Waals surface area contributed by atoms with Crippen LogP contribution in [0.4, 0.5) is 0 Å². The molecule has 0 saturated carbocycles. The molecule has 0 N–H and O–H groups in total. The van der Waals surface area contributed by atoms with Crippen LogP contribution in [-0.2, 0) is 5.41 Å². The van der Waals surface area contributed by atoms with Crippen molar-refractivity contribution in [2.45, 2.75) is 19.3 Å². The predicted octanol–water partition coefficient (Wildman–Crippen LogP) is 14.7. The molecule has 0 spiro atoms. The first-order valence-corrected chi connectivity index (χ1v) is 20.5. The van der Waals surface area contributed by atoms with Crippen LogP contribution in [0.2, 0.25) is 0 Å². The predicted molar refractivity (Wildman–Crippen MR) is 247 cm³/mol. The SMILES string of the molecule is CC1(C)c2ccccc2-c2cc(-c3cccc4c3oc3cc(-c5nc(-c6ccccc6)nc(-c6ccc(-c7ccc8ccccc8c7)cc6)n5)c5ccccc5c34)ccc21. The maximum absolute atomic E-state index is 6.98. The highest BCUT2D eigenvalue weighted by Gasteiger charge is 2.35. The van der Waals surface area contributed by atoms with Gasteiger partial charge in [-0.1, -0.05) is 184 Å². The summed E-state index contributed by atoms with van der Waals surface area (Å²) in [6.45, 7) is 4.64. The summed E-state index contributed by atoms with van der Waals surface area (Å²) in [5, 5.41) is 6.76. The molecule has 4 heteroatoms. The molecule has 0 unspecified atom stereocenters.